The minimum atomic E-state index is -0.757. The molecule has 0 amide bonds. The Balaban J connectivity index is 1.13. The van der Waals surface area contributed by atoms with Crippen LogP contribution in [0.3, 0.4) is 0 Å². The molecule has 0 radical (unpaired) electrons. The third-order valence-corrected chi connectivity index (χ3v) is 15.0. The first kappa shape index (κ1) is 39.3. The molecule has 3 aliphatic carbocycles. The van der Waals surface area contributed by atoms with E-state index in [9.17, 15) is 0 Å². The van der Waals surface area contributed by atoms with E-state index in [1.165, 1.54) is 55.6 Å². The van der Waals surface area contributed by atoms with E-state index in [0.29, 0.717) is 0 Å². The Labute approximate surface area is 391 Å². The number of benzene rings is 5. The normalized spacial score (nSPS) is 19.5. The fourth-order valence-corrected chi connectivity index (χ4v) is 12.2. The molecule has 0 saturated carbocycles. The molecule has 0 saturated heterocycles. The number of pyridine rings is 4. The Kier molecular flexibility index (Phi) is 8.33. The predicted molar refractivity (Wildman–Crippen MR) is 263 cm³/mol. The predicted octanol–water partition coefficient (Wildman–Crippen LogP) is 11.5. The summed E-state index contributed by atoms with van der Waals surface area (Å²) < 4.78 is 4.27. The van der Waals surface area contributed by atoms with Crippen LogP contribution >= 0.6 is 0 Å². The van der Waals surface area contributed by atoms with Crippen LogP contribution in [0.2, 0.25) is 0 Å². The van der Waals surface area contributed by atoms with Crippen molar-refractivity contribution < 1.29 is 4.57 Å². The average Bonchev–Trinajstić information content (AvgIpc) is 4.11. The van der Waals surface area contributed by atoms with Gasteiger partial charge in [-0.25, -0.2) is 0 Å². The molecule has 0 fully saturated rings. The van der Waals surface area contributed by atoms with E-state index < -0.39 is 16.4 Å². The van der Waals surface area contributed by atoms with Crippen LogP contribution in [-0.4, -0.2) is 24.5 Å². The first-order valence-electron chi connectivity index (χ1n) is 23.1. The van der Waals surface area contributed by atoms with E-state index in [1.54, 1.807) is 0 Å². The average molecular weight is 863 g/mol. The van der Waals surface area contributed by atoms with Gasteiger partial charge in [0, 0.05) is 76.8 Å². The molecule has 3 atom stereocenters. The van der Waals surface area contributed by atoms with Gasteiger partial charge in [-0.1, -0.05) is 136 Å². The molecule has 6 nitrogen and oxygen atoms in total. The monoisotopic (exact) mass is 862 g/mol. The zero-order valence-corrected chi connectivity index (χ0v) is 37.8. The Morgan fingerprint density at radius 3 is 1.52 bits per heavy atom. The standard InChI is InChI=1S/C61H46N6/c1-58(2,3)40-23-30-65-57(35-40)60(52-21-9-6-18-46(52)49-37-63-28-25-54(49)60)43-15-11-13-41(33-43)59(51-20-8-5-17-45(51)48-36-62-27-24-53(48)59)42-14-12-16-44(34-42)61(67-32-31-66(4)39-67)55-22-10-7-19-47(55)50-38-64-29-26-56(50)61/h5-38H,1-4H3. The molecule has 0 N–H and O–H groups in total. The Bertz CT molecular complexity index is 3490. The van der Waals surface area contributed by atoms with E-state index >= 15 is 0 Å². The molecule has 3 aliphatic rings. The van der Waals surface area contributed by atoms with Crippen molar-refractivity contribution >= 4 is 0 Å². The van der Waals surface area contributed by atoms with E-state index in [2.05, 4.69) is 207 Å². The lowest BCUT2D eigenvalue weighted by atomic mass is 9.64. The number of aromatic nitrogens is 6. The van der Waals surface area contributed by atoms with Crippen molar-refractivity contribution in [3.05, 3.63) is 281 Å². The summed E-state index contributed by atoms with van der Waals surface area (Å²) >= 11 is 0. The number of hydrogen-bond donors (Lipinski definition) is 0. The summed E-state index contributed by atoms with van der Waals surface area (Å²) in [7, 11) is 2.04. The van der Waals surface area contributed by atoms with Gasteiger partial charge in [0.15, 0.2) is 5.54 Å². The molecule has 6 heteroatoms. The molecule has 13 rings (SSSR count). The molecule has 5 heterocycles. The first-order valence-corrected chi connectivity index (χ1v) is 23.1. The number of aryl methyl sites for hydroxylation is 1. The van der Waals surface area contributed by atoms with E-state index in [4.69, 9.17) is 15.0 Å². The molecule has 5 aromatic carbocycles. The number of rotatable bonds is 6. The van der Waals surface area contributed by atoms with Crippen molar-refractivity contribution in [2.24, 2.45) is 7.05 Å². The fraction of sp³-hybridized carbons (Fsp3) is 0.131. The van der Waals surface area contributed by atoms with Crippen LogP contribution in [0, 0.1) is 6.33 Å². The maximum Gasteiger partial charge on any atom is 0.204 e. The SMILES string of the molecule is C[n+]1[c-]n(C2(c3cccc(C4(c5cccc(C6(c7cc(C(C)(C)C)ccn7)c7ccccc7-c7cnccc76)c5)c5ccccc5-c5cnccc54)c3)c3ccccc3-c3cnccc32)cc1. The van der Waals surface area contributed by atoms with Gasteiger partial charge in [-0.3, -0.25) is 19.9 Å². The molecule has 0 bridgehead atoms. The van der Waals surface area contributed by atoms with Gasteiger partial charge in [0.1, 0.15) is 0 Å². The molecular formula is C61H46N6. The highest BCUT2D eigenvalue weighted by Crippen LogP contribution is 2.60. The number of imidazole rings is 1. The Hall–Kier alpha value is -8.09. The maximum atomic E-state index is 5.35. The molecule has 10 aromatic rings. The van der Waals surface area contributed by atoms with E-state index in [-0.39, 0.29) is 5.41 Å². The van der Waals surface area contributed by atoms with Crippen molar-refractivity contribution in [1.82, 2.24) is 24.5 Å². The largest absolute Gasteiger partial charge is 0.354 e. The summed E-state index contributed by atoms with van der Waals surface area (Å²) in [6, 6.07) is 56.5. The van der Waals surface area contributed by atoms with Gasteiger partial charge in [0.25, 0.3) is 0 Å². The van der Waals surface area contributed by atoms with Crippen LogP contribution in [0.4, 0.5) is 0 Å². The first-order chi connectivity index (χ1) is 32.8. The minimum absolute atomic E-state index is 0.0929. The summed E-state index contributed by atoms with van der Waals surface area (Å²) in [5, 5.41) is 0. The van der Waals surface area contributed by atoms with Gasteiger partial charge in [-0.15, -0.1) is 0 Å². The summed E-state index contributed by atoms with van der Waals surface area (Å²) in [6.45, 7) is 6.83. The molecule has 320 valence electrons. The Morgan fingerprint density at radius 1 is 0.463 bits per heavy atom. The lowest BCUT2D eigenvalue weighted by Crippen LogP contribution is -2.38. The number of hydrogen-bond acceptors (Lipinski definition) is 4. The highest BCUT2D eigenvalue weighted by Gasteiger charge is 2.53. The molecule has 5 aromatic heterocycles. The third-order valence-electron chi connectivity index (χ3n) is 15.0. The van der Waals surface area contributed by atoms with Crippen molar-refractivity contribution in [3.8, 4) is 33.4 Å². The quantitative estimate of drug-likeness (QED) is 0.123. The second-order valence-electron chi connectivity index (χ2n) is 19.3. The number of fused-ring (bicyclic) bond motifs is 9. The van der Waals surface area contributed by atoms with Crippen LogP contribution in [0.1, 0.15) is 87.7 Å². The summed E-state index contributed by atoms with van der Waals surface area (Å²) in [6.07, 6.45) is 21.8. The van der Waals surface area contributed by atoms with Gasteiger partial charge in [0.2, 0.25) is 6.33 Å². The molecule has 3 unspecified atom stereocenters. The smallest absolute Gasteiger partial charge is 0.204 e. The Morgan fingerprint density at radius 2 is 0.925 bits per heavy atom. The molecule has 0 spiro atoms. The van der Waals surface area contributed by atoms with Crippen LogP contribution in [0.25, 0.3) is 33.4 Å². The zero-order valence-electron chi connectivity index (χ0n) is 37.8. The van der Waals surface area contributed by atoms with Crippen molar-refractivity contribution in [2.75, 3.05) is 0 Å². The van der Waals surface area contributed by atoms with Gasteiger partial charge < -0.3 is 9.13 Å². The zero-order chi connectivity index (χ0) is 45.1. The van der Waals surface area contributed by atoms with Crippen LogP contribution in [-0.2, 0) is 28.8 Å². The topological polar surface area (TPSA) is 60.4 Å². The van der Waals surface area contributed by atoms with Gasteiger partial charge in [0.05, 0.1) is 23.6 Å². The van der Waals surface area contributed by atoms with Crippen LogP contribution < -0.4 is 4.57 Å². The summed E-state index contributed by atoms with van der Waals surface area (Å²) in [5.41, 5.74) is 18.6. The lowest BCUT2D eigenvalue weighted by Gasteiger charge is -2.38. The minimum Gasteiger partial charge on any atom is -0.354 e. The molecule has 67 heavy (non-hydrogen) atoms. The van der Waals surface area contributed by atoms with E-state index in [1.807, 2.05) is 48.8 Å². The van der Waals surface area contributed by atoms with Gasteiger partial charge in [-0.2, -0.15) is 0 Å². The van der Waals surface area contributed by atoms with Gasteiger partial charge in [-0.05, 0) is 115 Å². The second kappa shape index (κ2) is 14.2. The fourth-order valence-electron chi connectivity index (χ4n) is 12.2. The summed E-state index contributed by atoms with van der Waals surface area (Å²) in [4.78, 5) is 19.5. The van der Waals surface area contributed by atoms with Crippen molar-refractivity contribution in [3.63, 3.8) is 0 Å². The summed E-state index contributed by atoms with van der Waals surface area (Å²) in [5.74, 6) is 0. The maximum absolute atomic E-state index is 5.35. The number of nitrogens with zero attached hydrogens (tertiary/aromatic N) is 6. The van der Waals surface area contributed by atoms with Crippen LogP contribution in [0.15, 0.2) is 207 Å². The van der Waals surface area contributed by atoms with E-state index in [0.717, 1.165) is 44.6 Å². The lowest BCUT2D eigenvalue weighted by molar-refractivity contribution is -0.675. The van der Waals surface area contributed by atoms with Crippen LogP contribution in [0.5, 0.6) is 0 Å². The highest BCUT2D eigenvalue weighted by molar-refractivity contribution is 5.89. The van der Waals surface area contributed by atoms with Crippen molar-refractivity contribution in [1.29, 1.82) is 0 Å². The molecule has 0 aliphatic heterocycles. The second-order valence-corrected chi connectivity index (χ2v) is 19.3. The highest BCUT2D eigenvalue weighted by atomic mass is 15.2. The van der Waals surface area contributed by atoms with Crippen molar-refractivity contribution in [2.45, 2.75) is 42.6 Å². The van der Waals surface area contributed by atoms with Gasteiger partial charge >= 0.3 is 0 Å². The molecular weight excluding hydrogens is 817 g/mol. The third kappa shape index (κ3) is 5.18.